The number of ether oxygens (including phenoxy) is 1. The van der Waals surface area contributed by atoms with Crippen LogP contribution in [0.5, 0.6) is 0 Å². The van der Waals surface area contributed by atoms with Gasteiger partial charge in [-0.25, -0.2) is 0 Å². The molecule has 4 aliphatic carbocycles. The maximum atomic E-state index is 10.2. The third kappa shape index (κ3) is 2.51. The molecule has 6 aliphatic rings. The second-order valence-corrected chi connectivity index (χ2v) is 12.9. The summed E-state index contributed by atoms with van der Waals surface area (Å²) in [5.74, 6) is 6.05. The maximum absolute atomic E-state index is 10.2. The fourth-order valence-electron chi connectivity index (χ4n) is 10.1. The van der Waals surface area contributed by atoms with Crippen molar-refractivity contribution in [3.8, 4) is 0 Å². The Morgan fingerprint density at radius 3 is 2.63 bits per heavy atom. The average Bonchev–Trinajstić information content (AvgIpc) is 3.16. The highest BCUT2D eigenvalue weighted by molar-refractivity contribution is 5.18. The molecule has 3 nitrogen and oxygen atoms in total. The smallest absolute Gasteiger partial charge is 0.122 e. The molecule has 0 radical (unpaired) electrons. The highest BCUT2D eigenvalue weighted by Crippen LogP contribution is 2.70. The number of piperidine rings is 1. The Hall–Kier alpha value is -0.540. The molecule has 2 N–H and O–H groups in total. The van der Waals surface area contributed by atoms with E-state index in [0.29, 0.717) is 34.5 Å². The van der Waals surface area contributed by atoms with Crippen molar-refractivity contribution in [3.63, 3.8) is 0 Å². The third-order valence-electron chi connectivity index (χ3n) is 11.8. The summed E-state index contributed by atoms with van der Waals surface area (Å²) in [6.07, 6.45) is 13.9. The van der Waals surface area contributed by atoms with Crippen LogP contribution in [0.2, 0.25) is 0 Å². The van der Waals surface area contributed by atoms with Gasteiger partial charge in [0.25, 0.3) is 0 Å². The van der Waals surface area contributed by atoms with Gasteiger partial charge < -0.3 is 9.84 Å². The first-order valence-electron chi connectivity index (χ1n) is 13.1. The minimum Gasteiger partial charge on any atom is -0.513 e. The van der Waals surface area contributed by atoms with Crippen molar-refractivity contribution in [3.05, 3.63) is 11.8 Å². The standard InChI is InChI=1S/C27H43NO2/c1-16-7-12-27(28-15-16)17(2)24-23(30-27)14-22-20-6-5-18-13-19(29)8-10-25(18,3)21(20)9-11-26(22,24)4/h8,16-18,20-24,28-29H,5-7,9-15H2,1-4H3/t16-,17+,18?,20-,21+,22+,23+,24+,25+,26+,27-/m0/s1. The predicted molar refractivity (Wildman–Crippen MR) is 120 cm³/mol. The van der Waals surface area contributed by atoms with Crippen molar-refractivity contribution in [1.29, 1.82) is 0 Å². The highest BCUT2D eigenvalue weighted by Gasteiger charge is 2.68. The molecule has 3 saturated carbocycles. The van der Waals surface area contributed by atoms with Gasteiger partial charge in [0.15, 0.2) is 0 Å². The lowest BCUT2D eigenvalue weighted by molar-refractivity contribution is -0.127. The van der Waals surface area contributed by atoms with Gasteiger partial charge in [-0.05, 0) is 104 Å². The zero-order valence-corrected chi connectivity index (χ0v) is 19.6. The van der Waals surface area contributed by atoms with E-state index in [2.05, 4.69) is 39.1 Å². The Balaban J connectivity index is 1.27. The van der Waals surface area contributed by atoms with Crippen LogP contribution in [-0.4, -0.2) is 23.5 Å². The number of allylic oxidation sites excluding steroid dienone is 2. The zero-order valence-electron chi connectivity index (χ0n) is 19.6. The van der Waals surface area contributed by atoms with Crippen LogP contribution in [-0.2, 0) is 4.74 Å². The Kier molecular flexibility index (Phi) is 4.35. The van der Waals surface area contributed by atoms with Crippen molar-refractivity contribution in [2.45, 2.75) is 97.3 Å². The quantitative estimate of drug-likeness (QED) is 0.507. The van der Waals surface area contributed by atoms with E-state index < -0.39 is 0 Å². The first-order valence-corrected chi connectivity index (χ1v) is 13.1. The Labute approximate surface area is 183 Å². The normalized spacial score (nSPS) is 59.8. The van der Waals surface area contributed by atoms with Gasteiger partial charge >= 0.3 is 0 Å². The van der Waals surface area contributed by atoms with E-state index >= 15 is 0 Å². The van der Waals surface area contributed by atoms with Crippen LogP contribution in [0.4, 0.5) is 0 Å². The summed E-state index contributed by atoms with van der Waals surface area (Å²) in [6, 6.07) is 0. The molecule has 3 heteroatoms. The van der Waals surface area contributed by atoms with E-state index in [1.165, 1.54) is 44.9 Å². The first-order chi connectivity index (χ1) is 14.3. The average molecular weight is 414 g/mol. The van der Waals surface area contributed by atoms with Gasteiger partial charge in [0.05, 0.1) is 11.9 Å². The molecule has 0 aromatic heterocycles. The lowest BCUT2D eigenvalue weighted by Crippen LogP contribution is -2.57. The zero-order chi connectivity index (χ0) is 20.9. The molecule has 0 amide bonds. The highest BCUT2D eigenvalue weighted by atomic mass is 16.5. The molecule has 5 fully saturated rings. The molecule has 0 aromatic carbocycles. The number of hydrogen-bond acceptors (Lipinski definition) is 3. The summed E-state index contributed by atoms with van der Waals surface area (Å²) >= 11 is 0. The SMILES string of the molecule is C[C@H]1CC[C@]2(NC1)O[C@@H]1C[C@@H]3[C@H]4CCC5CC(O)=CC[C@@]5(C)[C@@H]4CC[C@@]3(C)[C@@H]1[C@H]2C. The van der Waals surface area contributed by atoms with Crippen LogP contribution in [0.3, 0.4) is 0 Å². The summed E-state index contributed by atoms with van der Waals surface area (Å²) in [5, 5.41) is 14.1. The fraction of sp³-hybridized carbons (Fsp3) is 0.926. The van der Waals surface area contributed by atoms with Gasteiger partial charge in [-0.2, -0.15) is 0 Å². The van der Waals surface area contributed by atoms with Crippen molar-refractivity contribution < 1.29 is 9.84 Å². The molecule has 2 aliphatic heterocycles. The van der Waals surface area contributed by atoms with Crippen molar-refractivity contribution in [1.82, 2.24) is 5.32 Å². The number of rotatable bonds is 0. The van der Waals surface area contributed by atoms with Crippen LogP contribution < -0.4 is 5.32 Å². The number of fused-ring (bicyclic) bond motifs is 7. The second kappa shape index (κ2) is 6.50. The monoisotopic (exact) mass is 413 g/mol. The van der Waals surface area contributed by atoms with E-state index in [-0.39, 0.29) is 5.72 Å². The lowest BCUT2D eigenvalue weighted by Gasteiger charge is -2.60. The third-order valence-corrected chi connectivity index (χ3v) is 11.8. The molecule has 0 bridgehead atoms. The Bertz CT molecular complexity index is 739. The van der Waals surface area contributed by atoms with Gasteiger partial charge in [-0.1, -0.05) is 27.7 Å². The lowest BCUT2D eigenvalue weighted by atomic mass is 9.45. The molecule has 6 rings (SSSR count). The second-order valence-electron chi connectivity index (χ2n) is 12.9. The molecule has 0 aromatic rings. The molecule has 2 heterocycles. The summed E-state index contributed by atoms with van der Waals surface area (Å²) in [4.78, 5) is 0. The fourth-order valence-corrected chi connectivity index (χ4v) is 10.1. The number of hydrogen-bond donors (Lipinski definition) is 2. The van der Waals surface area contributed by atoms with Crippen molar-refractivity contribution in [2.75, 3.05) is 6.54 Å². The van der Waals surface area contributed by atoms with Gasteiger partial charge in [0.2, 0.25) is 0 Å². The van der Waals surface area contributed by atoms with Crippen LogP contribution in [0, 0.1) is 52.3 Å². The Morgan fingerprint density at radius 1 is 1.03 bits per heavy atom. The Morgan fingerprint density at radius 2 is 1.87 bits per heavy atom. The topological polar surface area (TPSA) is 41.5 Å². The molecule has 1 spiro atoms. The first kappa shape index (κ1) is 20.1. The largest absolute Gasteiger partial charge is 0.513 e. The summed E-state index contributed by atoms with van der Waals surface area (Å²) in [6.45, 7) is 11.2. The van der Waals surface area contributed by atoms with E-state index in [1.54, 1.807) is 0 Å². The summed E-state index contributed by atoms with van der Waals surface area (Å²) in [7, 11) is 0. The van der Waals surface area contributed by atoms with Gasteiger partial charge in [-0.15, -0.1) is 0 Å². The number of aliphatic hydroxyl groups is 1. The number of nitrogens with one attached hydrogen (secondary N) is 1. The van der Waals surface area contributed by atoms with E-state index in [1.807, 2.05) is 0 Å². The van der Waals surface area contributed by atoms with Crippen LogP contribution in [0.1, 0.15) is 85.5 Å². The summed E-state index contributed by atoms with van der Waals surface area (Å²) < 4.78 is 7.00. The molecule has 30 heavy (non-hydrogen) atoms. The number of aliphatic hydroxyl groups excluding tert-OH is 1. The maximum Gasteiger partial charge on any atom is 0.122 e. The molecule has 11 atom stereocenters. The minimum atomic E-state index is -0.0397. The van der Waals surface area contributed by atoms with Crippen LogP contribution in [0.15, 0.2) is 11.8 Å². The van der Waals surface area contributed by atoms with Gasteiger partial charge in [0.1, 0.15) is 5.72 Å². The molecule has 2 saturated heterocycles. The van der Waals surface area contributed by atoms with E-state index in [4.69, 9.17) is 4.74 Å². The van der Waals surface area contributed by atoms with E-state index in [9.17, 15) is 5.11 Å². The van der Waals surface area contributed by atoms with E-state index in [0.717, 1.165) is 49.0 Å². The van der Waals surface area contributed by atoms with Gasteiger partial charge in [0, 0.05) is 18.9 Å². The minimum absolute atomic E-state index is 0.0397. The predicted octanol–water partition coefficient (Wildman–Crippen LogP) is 6.06. The van der Waals surface area contributed by atoms with Crippen LogP contribution >= 0.6 is 0 Å². The molecule has 1 unspecified atom stereocenters. The van der Waals surface area contributed by atoms with Crippen molar-refractivity contribution in [2.24, 2.45) is 52.3 Å². The molecular formula is C27H43NO2. The van der Waals surface area contributed by atoms with Crippen molar-refractivity contribution >= 4 is 0 Å². The van der Waals surface area contributed by atoms with Gasteiger partial charge in [-0.3, -0.25) is 5.32 Å². The molecule has 168 valence electrons. The molecular weight excluding hydrogens is 370 g/mol. The summed E-state index contributed by atoms with van der Waals surface area (Å²) in [5.41, 5.74) is 0.820. The van der Waals surface area contributed by atoms with Crippen LogP contribution in [0.25, 0.3) is 0 Å².